The van der Waals surface area contributed by atoms with Crippen molar-refractivity contribution in [2.24, 2.45) is 35.3 Å². The molecule has 2 heterocycles. The van der Waals surface area contributed by atoms with Crippen molar-refractivity contribution in [3.63, 3.8) is 0 Å². The van der Waals surface area contributed by atoms with Crippen LogP contribution in [0.1, 0.15) is 40.5 Å². The summed E-state index contributed by atoms with van der Waals surface area (Å²) in [4.78, 5) is 38.3. The van der Waals surface area contributed by atoms with Crippen molar-refractivity contribution < 1.29 is 43.2 Å². The Kier molecular flexibility index (Phi) is 8.31. The fourth-order valence-electron chi connectivity index (χ4n) is 7.61. The number of carbonyl (C=O) groups is 3. The molecular weight excluding hydrogens is 530 g/mol. The van der Waals surface area contributed by atoms with Gasteiger partial charge in [0.2, 0.25) is 0 Å². The Bertz CT molecular complexity index is 1190. The van der Waals surface area contributed by atoms with Gasteiger partial charge in [-0.05, 0) is 32.3 Å². The average molecular weight is 572 g/mol. The van der Waals surface area contributed by atoms with Crippen LogP contribution in [0.15, 0.2) is 47.6 Å². The fraction of sp³-hybridized carbons (Fsp3) is 0.645. The van der Waals surface area contributed by atoms with E-state index in [9.17, 15) is 19.5 Å². The van der Waals surface area contributed by atoms with Crippen molar-refractivity contribution in [1.29, 1.82) is 0 Å². The summed E-state index contributed by atoms with van der Waals surface area (Å²) in [6.07, 6.45) is 7.82. The topological polar surface area (TPSA) is 144 Å². The first-order valence-electron chi connectivity index (χ1n) is 14.5. The van der Waals surface area contributed by atoms with Gasteiger partial charge in [-0.15, -0.1) is 0 Å². The Morgan fingerprint density at radius 2 is 2.02 bits per heavy atom. The second-order valence-corrected chi connectivity index (χ2v) is 12.0. The number of carbonyl (C=O) groups excluding carboxylic acids is 3. The average Bonchev–Trinajstić information content (AvgIpc) is 3.55. The molecule has 0 aromatic heterocycles. The monoisotopic (exact) mass is 571 g/mol. The normalized spacial score (nSPS) is 43.2. The molecule has 2 fully saturated rings. The maximum Gasteiger partial charge on any atom is 0.335 e. The lowest BCUT2D eigenvalue weighted by atomic mass is 9.57. The lowest BCUT2D eigenvalue weighted by molar-refractivity contribution is -0.179. The van der Waals surface area contributed by atoms with Crippen LogP contribution in [-0.2, 0) is 38.1 Å². The fourth-order valence-corrected chi connectivity index (χ4v) is 7.61. The van der Waals surface area contributed by atoms with E-state index in [0.29, 0.717) is 12.0 Å². The highest BCUT2D eigenvalue weighted by Crippen LogP contribution is 2.61. The number of aliphatic hydroxyl groups is 1. The van der Waals surface area contributed by atoms with Gasteiger partial charge in [-0.2, -0.15) is 0 Å². The number of nitrogens with two attached hydrogens (primary N) is 1. The van der Waals surface area contributed by atoms with Gasteiger partial charge in [0.25, 0.3) is 0 Å². The van der Waals surface area contributed by atoms with Gasteiger partial charge in [-0.1, -0.05) is 50.3 Å². The molecule has 0 radical (unpaired) electrons. The van der Waals surface area contributed by atoms with Crippen molar-refractivity contribution in [3.05, 3.63) is 47.6 Å². The van der Waals surface area contributed by atoms with Gasteiger partial charge in [-0.3, -0.25) is 4.79 Å². The molecule has 3 N–H and O–H groups in total. The first kappa shape index (κ1) is 29.7. The minimum atomic E-state index is -0.975. The Morgan fingerprint density at radius 1 is 1.27 bits per heavy atom. The van der Waals surface area contributed by atoms with E-state index < -0.39 is 60.1 Å². The van der Waals surface area contributed by atoms with Crippen LogP contribution in [-0.4, -0.2) is 78.9 Å². The number of rotatable bonds is 6. The van der Waals surface area contributed by atoms with Crippen LogP contribution in [0.4, 0.5) is 0 Å². The standard InChI is InChI=1S/C31H41NO9/c1-15-12-16(2)31-20(13-22(37-5)30(36)39-26(15)18(4)38-23(33)14-32)10-11-21-24(31)25(34)17(3)27(28(21)41-31)40-29(35)19-8-6-7-9-19/h6-8,10-12,15,17-18,20-22,24-28,34H,9,13-14,32H2,1-5H3/b16-12+/t15-,17-,18-,20?,21-,22+,24+,25-,26+,27-,28-,31+/m1/s1. The zero-order valence-electron chi connectivity index (χ0n) is 24.2. The molecule has 10 heteroatoms. The molecule has 0 aromatic carbocycles. The quantitative estimate of drug-likeness (QED) is 0.276. The highest BCUT2D eigenvalue weighted by molar-refractivity contribution is 5.90. The number of hydrogen-bond donors (Lipinski definition) is 2. The van der Waals surface area contributed by atoms with Crippen LogP contribution in [0.25, 0.3) is 0 Å². The summed E-state index contributed by atoms with van der Waals surface area (Å²) in [5, 5.41) is 11.8. The summed E-state index contributed by atoms with van der Waals surface area (Å²) in [5.74, 6) is -3.19. The predicted octanol–water partition coefficient (Wildman–Crippen LogP) is 2.15. The van der Waals surface area contributed by atoms with Crippen molar-refractivity contribution in [3.8, 4) is 0 Å². The molecule has 2 aliphatic heterocycles. The third-order valence-electron chi connectivity index (χ3n) is 9.62. The lowest BCUT2D eigenvalue weighted by Crippen LogP contribution is -2.57. The van der Waals surface area contributed by atoms with Gasteiger partial charge >= 0.3 is 17.9 Å². The van der Waals surface area contributed by atoms with Crippen molar-refractivity contribution in [2.45, 2.75) is 82.8 Å². The maximum absolute atomic E-state index is 13.4. The van der Waals surface area contributed by atoms with Gasteiger partial charge in [0.1, 0.15) is 30.0 Å². The van der Waals surface area contributed by atoms with E-state index in [1.165, 1.54) is 7.11 Å². The number of cyclic esters (lactones) is 1. The number of methoxy groups -OCH3 is 1. The molecule has 4 bridgehead atoms. The summed E-state index contributed by atoms with van der Waals surface area (Å²) in [6, 6.07) is 0. The summed E-state index contributed by atoms with van der Waals surface area (Å²) in [7, 11) is 1.45. The molecule has 3 aliphatic carbocycles. The summed E-state index contributed by atoms with van der Waals surface area (Å²) in [6.45, 7) is 7.11. The smallest absolute Gasteiger partial charge is 0.335 e. The molecule has 1 spiro atoms. The van der Waals surface area contributed by atoms with E-state index in [0.717, 1.165) is 5.57 Å². The Morgan fingerprint density at radius 3 is 2.68 bits per heavy atom. The number of aliphatic hydroxyl groups excluding tert-OH is 1. The second-order valence-electron chi connectivity index (χ2n) is 12.0. The highest BCUT2D eigenvalue weighted by Gasteiger charge is 2.69. The van der Waals surface area contributed by atoms with E-state index in [2.05, 4.69) is 0 Å². The number of esters is 3. The summed E-state index contributed by atoms with van der Waals surface area (Å²) >= 11 is 0. The van der Waals surface area contributed by atoms with E-state index in [4.69, 9.17) is 29.4 Å². The van der Waals surface area contributed by atoms with Gasteiger partial charge < -0.3 is 34.5 Å². The van der Waals surface area contributed by atoms with Crippen LogP contribution in [0.5, 0.6) is 0 Å². The molecule has 10 nitrogen and oxygen atoms in total. The van der Waals surface area contributed by atoms with Gasteiger partial charge in [0.05, 0.1) is 12.6 Å². The highest BCUT2D eigenvalue weighted by atomic mass is 16.6. The molecule has 1 saturated heterocycles. The van der Waals surface area contributed by atoms with Crippen LogP contribution >= 0.6 is 0 Å². The van der Waals surface area contributed by atoms with E-state index in [1.807, 2.05) is 51.2 Å². The summed E-state index contributed by atoms with van der Waals surface area (Å²) < 4.78 is 30.0. The van der Waals surface area contributed by atoms with Gasteiger partial charge in [0.15, 0.2) is 6.10 Å². The SMILES string of the molecule is CO[C@H]1CC2C=C[C@H]3[C@H]4O[C@]2(/C(C)=C/[C@@H](C)[C@@H]([C@@H](C)OC(=O)CN)OC1=O)[C@@H]3[C@H](O)[C@@H](C)[C@H]4OC(=O)C1=CC=CC1. The number of allylic oxidation sites excluding steroid dienone is 3. The maximum atomic E-state index is 13.4. The first-order valence-corrected chi connectivity index (χ1v) is 14.5. The van der Waals surface area contributed by atoms with Crippen LogP contribution in [0, 0.1) is 29.6 Å². The third kappa shape index (κ3) is 4.98. The molecule has 5 rings (SSSR count). The molecule has 5 aliphatic rings. The van der Waals surface area contributed by atoms with Gasteiger partial charge in [0, 0.05) is 42.3 Å². The van der Waals surface area contributed by atoms with Crippen molar-refractivity contribution in [1.82, 2.24) is 0 Å². The van der Waals surface area contributed by atoms with Crippen LogP contribution < -0.4 is 5.73 Å². The predicted molar refractivity (Wildman–Crippen MR) is 147 cm³/mol. The van der Waals surface area contributed by atoms with E-state index in [-0.39, 0.29) is 42.6 Å². The molecule has 0 aromatic rings. The Balaban J connectivity index is 1.54. The van der Waals surface area contributed by atoms with E-state index in [1.54, 1.807) is 13.0 Å². The van der Waals surface area contributed by atoms with E-state index >= 15 is 0 Å². The molecule has 12 atom stereocenters. The zero-order valence-corrected chi connectivity index (χ0v) is 24.2. The van der Waals surface area contributed by atoms with Gasteiger partial charge in [-0.25, -0.2) is 9.59 Å². The lowest BCUT2D eigenvalue weighted by Gasteiger charge is -2.49. The largest absolute Gasteiger partial charge is 0.458 e. The Hall–Kier alpha value is -2.79. The zero-order chi connectivity index (χ0) is 29.6. The molecule has 1 saturated carbocycles. The van der Waals surface area contributed by atoms with Crippen LogP contribution in [0.2, 0.25) is 0 Å². The second kappa shape index (κ2) is 11.5. The minimum absolute atomic E-state index is 0.194. The molecular formula is C31H41NO9. The molecule has 224 valence electrons. The number of ether oxygens (including phenoxy) is 5. The molecule has 0 amide bonds. The third-order valence-corrected chi connectivity index (χ3v) is 9.62. The Labute approximate surface area is 240 Å². The van der Waals surface area contributed by atoms with Crippen molar-refractivity contribution in [2.75, 3.05) is 13.7 Å². The number of hydrogen-bond acceptors (Lipinski definition) is 10. The molecule has 1 unspecified atom stereocenters. The van der Waals surface area contributed by atoms with Crippen molar-refractivity contribution >= 4 is 17.9 Å². The summed E-state index contributed by atoms with van der Waals surface area (Å²) in [5.41, 5.74) is 5.91. The first-order chi connectivity index (χ1) is 19.5. The van der Waals surface area contributed by atoms with Crippen LogP contribution in [0.3, 0.4) is 0 Å². The minimum Gasteiger partial charge on any atom is -0.458 e. The molecule has 41 heavy (non-hydrogen) atoms.